The van der Waals surface area contributed by atoms with Crippen LogP contribution in [0.15, 0.2) is 162 Å². The van der Waals surface area contributed by atoms with Crippen molar-refractivity contribution in [2.45, 2.75) is 58.9 Å². The molecule has 3 atom stereocenters. The smallest absolute Gasteiger partial charge is 0.0712 e. The summed E-state index contributed by atoms with van der Waals surface area (Å²) in [5.41, 5.74) is 16.5. The monoisotopic (exact) mass is 716 g/mol. The molecular formula is C51H48N4. The Hall–Kier alpha value is -6.00. The zero-order valence-electron chi connectivity index (χ0n) is 32.5. The number of aromatic amines is 1. The number of rotatable bonds is 6. The number of aryl methyl sites for hydroxylation is 2. The zero-order valence-corrected chi connectivity index (χ0v) is 32.5. The van der Waals surface area contributed by atoms with Crippen molar-refractivity contribution < 1.29 is 0 Å². The highest BCUT2D eigenvalue weighted by Crippen LogP contribution is 2.53. The highest BCUT2D eigenvalue weighted by atomic mass is 15.2. The highest BCUT2D eigenvalue weighted by molar-refractivity contribution is 6.25. The van der Waals surface area contributed by atoms with Gasteiger partial charge in [-0.1, -0.05) is 91.4 Å². The minimum atomic E-state index is 0.167. The molecule has 10 rings (SSSR count). The number of benzene rings is 5. The molecule has 5 aromatic carbocycles. The van der Waals surface area contributed by atoms with Gasteiger partial charge in [-0.2, -0.15) is 0 Å². The minimum absolute atomic E-state index is 0.167. The summed E-state index contributed by atoms with van der Waals surface area (Å²) in [5, 5.41) is 5.23. The van der Waals surface area contributed by atoms with Crippen LogP contribution in [-0.4, -0.2) is 18.1 Å². The Morgan fingerprint density at radius 2 is 1.53 bits per heavy atom. The maximum absolute atomic E-state index is 4.04. The lowest BCUT2D eigenvalue weighted by Crippen LogP contribution is -2.31. The van der Waals surface area contributed by atoms with E-state index in [4.69, 9.17) is 0 Å². The predicted molar refractivity (Wildman–Crippen MR) is 235 cm³/mol. The van der Waals surface area contributed by atoms with Crippen LogP contribution in [0.4, 0.5) is 22.7 Å². The molecule has 1 aliphatic heterocycles. The molecule has 1 aromatic heterocycles. The van der Waals surface area contributed by atoms with Gasteiger partial charge in [-0.05, 0) is 134 Å². The van der Waals surface area contributed by atoms with E-state index in [1.807, 2.05) is 0 Å². The van der Waals surface area contributed by atoms with Gasteiger partial charge in [0.15, 0.2) is 0 Å². The fraction of sp³-hybridized carbons (Fsp3) is 0.216. The van der Waals surface area contributed by atoms with Gasteiger partial charge in [0.25, 0.3) is 0 Å². The van der Waals surface area contributed by atoms with Gasteiger partial charge in [0.05, 0.1) is 17.2 Å². The van der Waals surface area contributed by atoms with Gasteiger partial charge in [-0.15, -0.1) is 0 Å². The van der Waals surface area contributed by atoms with E-state index in [9.17, 15) is 0 Å². The molecule has 0 amide bonds. The van der Waals surface area contributed by atoms with Gasteiger partial charge in [0.2, 0.25) is 0 Å². The number of para-hydroxylation sites is 1. The van der Waals surface area contributed by atoms with Gasteiger partial charge in [0, 0.05) is 63.4 Å². The average Bonchev–Trinajstić information content (AvgIpc) is 3.70. The molecule has 3 unspecified atom stereocenters. The molecule has 3 aliphatic carbocycles. The van der Waals surface area contributed by atoms with Gasteiger partial charge in [-0.3, -0.25) is 0 Å². The van der Waals surface area contributed by atoms with E-state index in [0.717, 1.165) is 24.9 Å². The number of nitrogens with one attached hydrogen (secondary N) is 1. The molecule has 4 aliphatic rings. The van der Waals surface area contributed by atoms with E-state index in [1.165, 1.54) is 89.0 Å². The minimum Gasteiger partial charge on any atom is -0.365 e. The van der Waals surface area contributed by atoms with Gasteiger partial charge < -0.3 is 19.7 Å². The lowest BCUT2D eigenvalue weighted by molar-refractivity contribution is 0.694. The molecule has 6 aromatic rings. The number of H-pyrrole nitrogens is 1. The van der Waals surface area contributed by atoms with E-state index in [0.29, 0.717) is 5.92 Å². The maximum atomic E-state index is 4.04. The SMILES string of the molecule is CC1=CC(N(C2=CC=CCC2)c2ccc3c(c2)[nH]c2c4c(c5ccccc5c23)C2C=CC(N(c3ccccc3)c3cc(C)cc(C)c3)=CC2N4C)=CC(C)C1. The lowest BCUT2D eigenvalue weighted by atomic mass is 9.86. The molecule has 2 heterocycles. The molecule has 1 N–H and O–H groups in total. The van der Waals surface area contributed by atoms with Crippen molar-refractivity contribution in [1.82, 2.24) is 4.98 Å². The van der Waals surface area contributed by atoms with Crippen molar-refractivity contribution in [3.05, 3.63) is 179 Å². The predicted octanol–water partition coefficient (Wildman–Crippen LogP) is 13.2. The normalized spacial score (nSPS) is 20.3. The van der Waals surface area contributed by atoms with Crippen LogP contribution in [0.25, 0.3) is 32.6 Å². The fourth-order valence-electron chi connectivity index (χ4n) is 9.97. The molecular weight excluding hydrogens is 669 g/mol. The van der Waals surface area contributed by atoms with Crippen molar-refractivity contribution in [2.75, 3.05) is 21.7 Å². The van der Waals surface area contributed by atoms with Crippen LogP contribution >= 0.6 is 0 Å². The van der Waals surface area contributed by atoms with E-state index in [2.05, 4.69) is 194 Å². The molecule has 0 bridgehead atoms. The largest absolute Gasteiger partial charge is 0.365 e. The number of hydrogen-bond donors (Lipinski definition) is 1. The summed E-state index contributed by atoms with van der Waals surface area (Å²) >= 11 is 0. The Morgan fingerprint density at radius 1 is 0.745 bits per heavy atom. The molecule has 0 radical (unpaired) electrons. The average molecular weight is 717 g/mol. The fourth-order valence-corrected chi connectivity index (χ4v) is 9.97. The van der Waals surface area contributed by atoms with Crippen molar-refractivity contribution >= 4 is 55.3 Å². The Morgan fingerprint density at radius 3 is 2.29 bits per heavy atom. The number of allylic oxidation sites excluding steroid dienone is 8. The van der Waals surface area contributed by atoms with Crippen LogP contribution in [0, 0.1) is 19.8 Å². The molecule has 55 heavy (non-hydrogen) atoms. The molecule has 0 saturated heterocycles. The van der Waals surface area contributed by atoms with Crippen molar-refractivity contribution in [2.24, 2.45) is 5.92 Å². The first kappa shape index (κ1) is 33.6. The summed E-state index contributed by atoms with van der Waals surface area (Å²) in [7, 11) is 2.29. The van der Waals surface area contributed by atoms with Crippen molar-refractivity contribution in [3.63, 3.8) is 0 Å². The third-order valence-corrected chi connectivity index (χ3v) is 12.1. The van der Waals surface area contributed by atoms with Crippen molar-refractivity contribution in [3.8, 4) is 0 Å². The molecule has 4 heteroatoms. The number of nitrogens with zero attached hydrogens (tertiary/aromatic N) is 3. The van der Waals surface area contributed by atoms with Crippen molar-refractivity contribution in [1.29, 1.82) is 0 Å². The third-order valence-electron chi connectivity index (χ3n) is 12.1. The van der Waals surface area contributed by atoms with E-state index < -0.39 is 0 Å². The van der Waals surface area contributed by atoms with Crippen LogP contribution in [0.1, 0.15) is 55.7 Å². The summed E-state index contributed by atoms with van der Waals surface area (Å²) in [5.74, 6) is 0.741. The zero-order chi connectivity index (χ0) is 37.4. The third kappa shape index (κ3) is 5.57. The van der Waals surface area contributed by atoms with Gasteiger partial charge in [0.1, 0.15) is 0 Å². The molecule has 0 spiro atoms. The number of anilines is 4. The van der Waals surface area contributed by atoms with Crippen LogP contribution in [0.2, 0.25) is 0 Å². The lowest BCUT2D eigenvalue weighted by Gasteiger charge is -2.32. The number of aromatic nitrogens is 1. The summed E-state index contributed by atoms with van der Waals surface area (Å²) in [6, 6.07) is 34.0. The standard InChI is InChI=1S/C51H48N4/c1-32-24-33(2)27-40(26-32)54(36-14-8-6-9-15-36)38-20-22-44-46(30-38)52-50-48(44)42-18-12-13-19-43(42)49-45-23-21-39(31-47(45)53(5)51(49)50)55(37-16-10-7-11-17-37)41-28-34(3)25-35(4)29-41/h6-8,10-14,16-23,25-32,45,47,52H,9,15,24H2,1-5H3. The number of hydrogen-bond acceptors (Lipinski definition) is 3. The van der Waals surface area contributed by atoms with E-state index >= 15 is 0 Å². The second-order valence-electron chi connectivity index (χ2n) is 16.2. The molecule has 272 valence electrons. The first-order valence-corrected chi connectivity index (χ1v) is 19.9. The maximum Gasteiger partial charge on any atom is 0.0712 e. The number of likely N-dealkylation sites (N-methyl/N-ethyl adjacent to an activating group) is 1. The first-order valence-electron chi connectivity index (χ1n) is 19.9. The molecule has 0 fully saturated rings. The van der Waals surface area contributed by atoms with Gasteiger partial charge >= 0.3 is 0 Å². The second kappa shape index (κ2) is 13.1. The molecule has 0 saturated carbocycles. The summed E-state index contributed by atoms with van der Waals surface area (Å²) < 4.78 is 0. The van der Waals surface area contributed by atoms with Crippen LogP contribution < -0.4 is 14.7 Å². The first-order chi connectivity index (χ1) is 26.8. The Labute approximate surface area is 324 Å². The van der Waals surface area contributed by atoms with Crippen LogP contribution in [-0.2, 0) is 0 Å². The van der Waals surface area contributed by atoms with Crippen LogP contribution in [0.3, 0.4) is 0 Å². The Bertz CT molecular complexity index is 2700. The van der Waals surface area contributed by atoms with E-state index in [-0.39, 0.29) is 12.0 Å². The molecule has 4 nitrogen and oxygen atoms in total. The Kier molecular flexibility index (Phi) is 7.99. The quantitative estimate of drug-likeness (QED) is 0.186. The summed E-state index contributed by atoms with van der Waals surface area (Å²) in [6.07, 6.45) is 22.1. The van der Waals surface area contributed by atoms with Crippen LogP contribution in [0.5, 0.6) is 0 Å². The number of fused-ring (bicyclic) bond motifs is 10. The second-order valence-corrected chi connectivity index (χ2v) is 16.2. The van der Waals surface area contributed by atoms with E-state index in [1.54, 1.807) is 0 Å². The Balaban J connectivity index is 1.13. The summed E-state index contributed by atoms with van der Waals surface area (Å²) in [4.78, 5) is 11.5. The summed E-state index contributed by atoms with van der Waals surface area (Å²) in [6.45, 7) is 8.99. The topological polar surface area (TPSA) is 25.5 Å². The van der Waals surface area contributed by atoms with Gasteiger partial charge in [-0.25, -0.2) is 0 Å². The highest BCUT2D eigenvalue weighted by Gasteiger charge is 2.40.